The maximum atomic E-state index is 3.42. The lowest BCUT2D eigenvalue weighted by Gasteiger charge is -2.33. The van der Waals surface area contributed by atoms with Crippen molar-refractivity contribution in [2.45, 2.75) is 64.2 Å². The Kier molecular flexibility index (Phi) is 8.79. The standard InChI is InChI=1S/C54H47N/c1-5-53(6-2)49-22-16-15-21-45(49)47-36-48-46-34-31-41(35-50(46)54(7-3,8-4)52(48)37-51(47)53)40-29-25-38(26-30-40)23-24-39-27-32-44(33-28-39)55(42-17-11-9-12-18-42)43-19-13-10-14-20-43/h9-22,25-37H,5-8H2,1-4H3. The van der Waals surface area contributed by atoms with E-state index in [-0.39, 0.29) is 10.8 Å². The van der Waals surface area contributed by atoms with Crippen LogP contribution in [-0.2, 0) is 10.8 Å². The highest BCUT2D eigenvalue weighted by Crippen LogP contribution is 2.59. The molecule has 0 saturated carbocycles. The molecule has 7 aromatic carbocycles. The fourth-order valence-corrected chi connectivity index (χ4v) is 9.83. The van der Waals surface area contributed by atoms with Gasteiger partial charge in [-0.15, -0.1) is 0 Å². The summed E-state index contributed by atoms with van der Waals surface area (Å²) in [7, 11) is 0. The van der Waals surface area contributed by atoms with Gasteiger partial charge in [0.25, 0.3) is 0 Å². The van der Waals surface area contributed by atoms with Crippen molar-refractivity contribution in [1.82, 2.24) is 0 Å². The smallest absolute Gasteiger partial charge is 0.0462 e. The van der Waals surface area contributed by atoms with Crippen molar-refractivity contribution in [1.29, 1.82) is 0 Å². The van der Waals surface area contributed by atoms with Crippen LogP contribution in [0.5, 0.6) is 0 Å². The van der Waals surface area contributed by atoms with Crippen molar-refractivity contribution in [3.63, 3.8) is 0 Å². The Morgan fingerprint density at radius 1 is 0.364 bits per heavy atom. The number of anilines is 3. The molecule has 0 spiro atoms. The number of nitrogens with zero attached hydrogens (tertiary/aromatic N) is 1. The summed E-state index contributed by atoms with van der Waals surface area (Å²) in [6, 6.07) is 59.9. The van der Waals surface area contributed by atoms with Gasteiger partial charge in [-0.3, -0.25) is 0 Å². The molecule has 0 radical (unpaired) electrons. The van der Waals surface area contributed by atoms with E-state index in [9.17, 15) is 0 Å². The Morgan fingerprint density at radius 3 is 1.36 bits per heavy atom. The van der Waals surface area contributed by atoms with Crippen LogP contribution in [0.2, 0.25) is 0 Å². The molecule has 2 aliphatic rings. The summed E-state index contributed by atoms with van der Waals surface area (Å²) < 4.78 is 0. The van der Waals surface area contributed by atoms with Gasteiger partial charge in [-0.2, -0.15) is 0 Å². The summed E-state index contributed by atoms with van der Waals surface area (Å²) >= 11 is 0. The summed E-state index contributed by atoms with van der Waals surface area (Å²) in [4.78, 5) is 2.27. The first-order chi connectivity index (χ1) is 27.0. The molecule has 0 N–H and O–H groups in total. The molecule has 0 heterocycles. The molecule has 0 fully saturated rings. The number of benzene rings is 7. The molecule has 0 bridgehead atoms. The van der Waals surface area contributed by atoms with Gasteiger partial charge < -0.3 is 4.90 Å². The van der Waals surface area contributed by atoms with Gasteiger partial charge in [0.1, 0.15) is 0 Å². The second-order valence-corrected chi connectivity index (χ2v) is 15.2. The average Bonchev–Trinajstić information content (AvgIpc) is 3.69. The van der Waals surface area contributed by atoms with Crippen molar-refractivity contribution < 1.29 is 0 Å². The molecule has 268 valence electrons. The van der Waals surface area contributed by atoms with Gasteiger partial charge in [-0.1, -0.05) is 131 Å². The molecule has 0 saturated heterocycles. The minimum Gasteiger partial charge on any atom is -0.311 e. The summed E-state index contributed by atoms with van der Waals surface area (Å²) in [5.41, 5.74) is 19.6. The van der Waals surface area contributed by atoms with Crippen LogP contribution in [0.4, 0.5) is 17.1 Å². The van der Waals surface area contributed by atoms with E-state index < -0.39 is 0 Å². The molecule has 0 unspecified atom stereocenters. The molecule has 0 aromatic heterocycles. The normalized spacial score (nSPS) is 13.9. The third-order valence-corrected chi connectivity index (χ3v) is 12.9. The SMILES string of the molecule is CCC1(CC)c2ccccc2-c2cc3c(cc21)C(CC)(CC)c1cc(-c2ccc(C#Cc4ccc(N(c5ccccc5)c5ccccc5)cc4)cc2)ccc1-3. The predicted molar refractivity (Wildman–Crippen MR) is 233 cm³/mol. The van der Waals surface area contributed by atoms with E-state index in [1.54, 1.807) is 0 Å². The van der Waals surface area contributed by atoms with Crippen molar-refractivity contribution in [2.75, 3.05) is 4.90 Å². The van der Waals surface area contributed by atoms with Crippen LogP contribution < -0.4 is 4.90 Å². The number of rotatable bonds is 8. The Balaban J connectivity index is 1.00. The fraction of sp³-hybridized carbons (Fsp3) is 0.185. The van der Waals surface area contributed by atoms with E-state index in [0.717, 1.165) is 53.9 Å². The van der Waals surface area contributed by atoms with E-state index >= 15 is 0 Å². The Bertz CT molecular complexity index is 2520. The van der Waals surface area contributed by atoms with E-state index in [1.807, 2.05) is 0 Å². The number of hydrogen-bond donors (Lipinski definition) is 0. The van der Waals surface area contributed by atoms with Crippen LogP contribution in [0.3, 0.4) is 0 Å². The van der Waals surface area contributed by atoms with Gasteiger partial charge in [0.2, 0.25) is 0 Å². The quantitative estimate of drug-likeness (QED) is 0.142. The Morgan fingerprint density at radius 2 is 0.800 bits per heavy atom. The van der Waals surface area contributed by atoms with Gasteiger partial charge in [0, 0.05) is 39.0 Å². The second-order valence-electron chi connectivity index (χ2n) is 15.2. The molecule has 2 aliphatic carbocycles. The first kappa shape index (κ1) is 34.7. The lowest BCUT2D eigenvalue weighted by atomic mass is 9.70. The maximum Gasteiger partial charge on any atom is 0.0462 e. The molecule has 0 aliphatic heterocycles. The molecular formula is C54H47N. The topological polar surface area (TPSA) is 3.24 Å². The van der Waals surface area contributed by atoms with E-state index in [0.29, 0.717) is 0 Å². The monoisotopic (exact) mass is 709 g/mol. The maximum absolute atomic E-state index is 3.42. The van der Waals surface area contributed by atoms with E-state index in [1.165, 1.54) is 55.6 Å². The van der Waals surface area contributed by atoms with E-state index in [2.05, 4.69) is 208 Å². The lowest BCUT2D eigenvalue weighted by Crippen LogP contribution is -2.26. The van der Waals surface area contributed by atoms with Crippen molar-refractivity contribution in [3.05, 3.63) is 197 Å². The third kappa shape index (κ3) is 5.55. The molecule has 7 aromatic rings. The minimum absolute atomic E-state index is 0.00209. The first-order valence-electron chi connectivity index (χ1n) is 20.1. The van der Waals surface area contributed by atoms with Gasteiger partial charge in [0.05, 0.1) is 0 Å². The van der Waals surface area contributed by atoms with Crippen LogP contribution in [0, 0.1) is 11.8 Å². The largest absolute Gasteiger partial charge is 0.311 e. The van der Waals surface area contributed by atoms with Crippen molar-refractivity contribution in [2.24, 2.45) is 0 Å². The number of hydrogen-bond acceptors (Lipinski definition) is 1. The summed E-state index contributed by atoms with van der Waals surface area (Å²) in [6.45, 7) is 9.51. The average molecular weight is 710 g/mol. The molecule has 9 rings (SSSR count). The first-order valence-corrected chi connectivity index (χ1v) is 20.1. The second kappa shape index (κ2) is 14.0. The minimum atomic E-state index is -0.00209. The van der Waals surface area contributed by atoms with Gasteiger partial charge in [-0.05, 0) is 154 Å². The van der Waals surface area contributed by atoms with Crippen LogP contribution >= 0.6 is 0 Å². The molecule has 55 heavy (non-hydrogen) atoms. The molecule has 1 heteroatoms. The summed E-state index contributed by atoms with van der Waals surface area (Å²) in [5, 5.41) is 0. The highest BCUT2D eigenvalue weighted by molar-refractivity contribution is 5.91. The van der Waals surface area contributed by atoms with Crippen molar-refractivity contribution in [3.8, 4) is 45.2 Å². The van der Waals surface area contributed by atoms with Crippen LogP contribution in [-0.4, -0.2) is 0 Å². The molecule has 1 nitrogen and oxygen atoms in total. The van der Waals surface area contributed by atoms with Gasteiger partial charge >= 0.3 is 0 Å². The molecule has 0 atom stereocenters. The molecular weight excluding hydrogens is 663 g/mol. The zero-order chi connectivity index (χ0) is 37.6. The van der Waals surface area contributed by atoms with E-state index in [4.69, 9.17) is 0 Å². The number of fused-ring (bicyclic) bond motifs is 6. The summed E-state index contributed by atoms with van der Waals surface area (Å²) in [5.74, 6) is 6.82. The van der Waals surface area contributed by atoms with Gasteiger partial charge in [-0.25, -0.2) is 0 Å². The highest BCUT2D eigenvalue weighted by atomic mass is 15.1. The summed E-state index contributed by atoms with van der Waals surface area (Å²) in [6.07, 6.45) is 4.39. The Labute approximate surface area is 327 Å². The van der Waals surface area contributed by atoms with Crippen LogP contribution in [0.15, 0.2) is 164 Å². The van der Waals surface area contributed by atoms with Gasteiger partial charge in [0.15, 0.2) is 0 Å². The predicted octanol–water partition coefficient (Wildman–Crippen LogP) is 14.4. The van der Waals surface area contributed by atoms with Crippen LogP contribution in [0.1, 0.15) is 86.8 Å². The zero-order valence-electron chi connectivity index (χ0n) is 32.4. The Hall–Kier alpha value is -6.10. The van der Waals surface area contributed by atoms with Crippen LogP contribution in [0.25, 0.3) is 33.4 Å². The number of para-hydroxylation sites is 2. The molecule has 0 amide bonds. The zero-order valence-corrected chi connectivity index (χ0v) is 32.4. The fourth-order valence-electron chi connectivity index (χ4n) is 9.83. The third-order valence-electron chi connectivity index (χ3n) is 12.9. The highest BCUT2D eigenvalue weighted by Gasteiger charge is 2.46. The lowest BCUT2D eigenvalue weighted by molar-refractivity contribution is 0.476. The van der Waals surface area contributed by atoms with Crippen molar-refractivity contribution >= 4 is 17.1 Å².